The van der Waals surface area contributed by atoms with Gasteiger partial charge in [-0.05, 0) is 27.1 Å². The average Bonchev–Trinajstić information content (AvgIpc) is 2.54. The second-order valence-corrected chi connectivity index (χ2v) is 3.76. The first kappa shape index (κ1) is 27.9. The largest absolute Gasteiger partial charge is 0.359 e. The molecule has 0 unspecified atom stereocenters. The van der Waals surface area contributed by atoms with Gasteiger partial charge in [0.15, 0.2) is 0 Å². The maximum atomic E-state index is 9.70. The lowest BCUT2D eigenvalue weighted by Gasteiger charge is -2.03. The number of amides is 1. The summed E-state index contributed by atoms with van der Waals surface area (Å²) in [5, 5.41) is 2.39. The molecule has 0 atom stereocenters. The summed E-state index contributed by atoms with van der Waals surface area (Å²) in [4.78, 5) is 11.9. The van der Waals surface area contributed by atoms with E-state index < -0.39 is 0 Å². The summed E-state index contributed by atoms with van der Waals surface area (Å²) < 4.78 is 0. The van der Waals surface area contributed by atoms with Crippen molar-refractivity contribution in [2.45, 2.75) is 48.0 Å². The molecule has 0 fully saturated rings. The molecule has 1 aromatic carbocycles. The average molecular weight is 299 g/mol. The number of nitrogens with zero attached hydrogens (tertiary/aromatic N) is 1. The molecule has 0 aromatic heterocycles. The molecule has 126 valence electrons. The number of rotatable bonds is 2. The second-order valence-electron chi connectivity index (χ2n) is 3.76. The van der Waals surface area contributed by atoms with Crippen molar-refractivity contribution >= 4 is 5.91 Å². The third kappa shape index (κ3) is 55.5. The van der Waals surface area contributed by atoms with Crippen molar-refractivity contribution in [2.24, 2.45) is 0 Å². The summed E-state index contributed by atoms with van der Waals surface area (Å²) >= 11 is 0. The number of benzene rings is 1. The van der Waals surface area contributed by atoms with Crippen molar-refractivity contribution in [2.75, 3.05) is 27.7 Å². The van der Waals surface area contributed by atoms with Gasteiger partial charge < -0.3 is 10.2 Å². The van der Waals surface area contributed by atoms with Crippen LogP contribution in [-0.4, -0.2) is 38.5 Å². The molecule has 0 heterocycles. The van der Waals surface area contributed by atoms with E-state index in [1.807, 2.05) is 64.1 Å². The van der Waals surface area contributed by atoms with E-state index in [2.05, 4.69) is 31.2 Å². The third-order valence-electron chi connectivity index (χ3n) is 1.69. The quantitative estimate of drug-likeness (QED) is 0.875. The van der Waals surface area contributed by atoms with Gasteiger partial charge in [0.25, 0.3) is 0 Å². The van der Waals surface area contributed by atoms with E-state index in [4.69, 9.17) is 0 Å². The Balaban J connectivity index is -0.0000000925. The molecule has 0 spiro atoms. The number of hydrogen-bond donors (Lipinski definition) is 1. The fraction of sp³-hybridized carbons (Fsp3) is 0.611. The van der Waals surface area contributed by atoms with E-state index in [1.165, 1.54) is 19.9 Å². The summed E-state index contributed by atoms with van der Waals surface area (Å²) in [6, 6.07) is 12.0. The van der Waals surface area contributed by atoms with Crippen molar-refractivity contribution in [3.05, 3.63) is 36.4 Å². The van der Waals surface area contributed by atoms with Crippen LogP contribution in [0.5, 0.6) is 0 Å². The van der Waals surface area contributed by atoms with Crippen LogP contribution in [0.15, 0.2) is 36.4 Å². The molecule has 0 aliphatic carbocycles. The van der Waals surface area contributed by atoms with Gasteiger partial charge in [-0.25, -0.2) is 0 Å². The van der Waals surface area contributed by atoms with Crippen molar-refractivity contribution in [3.8, 4) is 0 Å². The maximum absolute atomic E-state index is 9.70. The van der Waals surface area contributed by atoms with Crippen LogP contribution < -0.4 is 5.32 Å². The standard InChI is InChI=1S/C6H6.C5H13N.C3H7NO.2C2H6/c1-2-4-6-5-3-1;1-4-5-6(2)3;1-3(5)4-2;2*1-2/h1-6H;4-5H2,1-3H3;1-2H3,(H,4,5);2*1-2H3. The predicted molar refractivity (Wildman–Crippen MR) is 97.7 cm³/mol. The summed E-state index contributed by atoms with van der Waals surface area (Å²) in [5.74, 6) is 0.00463. The minimum absolute atomic E-state index is 0.00463. The van der Waals surface area contributed by atoms with Gasteiger partial charge in [0, 0.05) is 14.0 Å². The van der Waals surface area contributed by atoms with Gasteiger partial charge in [0.05, 0.1) is 0 Å². The monoisotopic (exact) mass is 298 g/mol. The molecule has 1 N–H and O–H groups in total. The molecule has 1 amide bonds. The van der Waals surface area contributed by atoms with E-state index in [1.54, 1.807) is 7.05 Å². The van der Waals surface area contributed by atoms with Gasteiger partial charge in [-0.15, -0.1) is 0 Å². The SMILES string of the molecule is CC.CC.CCCN(C)C.CNC(C)=O.c1ccccc1. The van der Waals surface area contributed by atoms with E-state index >= 15 is 0 Å². The molecule has 3 nitrogen and oxygen atoms in total. The van der Waals surface area contributed by atoms with Crippen molar-refractivity contribution in [3.63, 3.8) is 0 Å². The zero-order valence-electron chi connectivity index (χ0n) is 15.7. The molecule has 1 rings (SSSR count). The first-order valence-electron chi connectivity index (χ1n) is 7.87. The summed E-state index contributed by atoms with van der Waals surface area (Å²) in [6.07, 6.45) is 1.26. The van der Waals surface area contributed by atoms with Gasteiger partial charge in [-0.3, -0.25) is 4.79 Å². The van der Waals surface area contributed by atoms with Crippen LogP contribution in [0.4, 0.5) is 0 Å². The number of carbonyl (C=O) groups is 1. The normalized spacial score (nSPS) is 7.33. The highest BCUT2D eigenvalue weighted by molar-refractivity contribution is 5.72. The van der Waals surface area contributed by atoms with Gasteiger partial charge in [0.1, 0.15) is 0 Å². The molecule has 21 heavy (non-hydrogen) atoms. The minimum Gasteiger partial charge on any atom is -0.359 e. The zero-order chi connectivity index (χ0) is 17.5. The Hall–Kier alpha value is -1.35. The van der Waals surface area contributed by atoms with Crippen molar-refractivity contribution in [1.29, 1.82) is 0 Å². The van der Waals surface area contributed by atoms with Gasteiger partial charge in [0.2, 0.25) is 5.91 Å². The van der Waals surface area contributed by atoms with Crippen LogP contribution >= 0.6 is 0 Å². The maximum Gasteiger partial charge on any atom is 0.216 e. The Bertz CT molecular complexity index is 222. The van der Waals surface area contributed by atoms with E-state index in [9.17, 15) is 4.79 Å². The van der Waals surface area contributed by atoms with E-state index in [0.717, 1.165) is 0 Å². The number of hydrogen-bond acceptors (Lipinski definition) is 2. The lowest BCUT2D eigenvalue weighted by Crippen LogP contribution is -2.11. The highest BCUT2D eigenvalue weighted by Crippen LogP contribution is 1.80. The molecule has 0 aliphatic heterocycles. The molecule has 0 bridgehead atoms. The molecular formula is C18H38N2O. The lowest BCUT2D eigenvalue weighted by atomic mass is 10.4. The number of nitrogens with one attached hydrogen (secondary N) is 1. The second kappa shape index (κ2) is 31.2. The van der Waals surface area contributed by atoms with Crippen LogP contribution in [0.1, 0.15) is 48.0 Å². The minimum atomic E-state index is 0.00463. The van der Waals surface area contributed by atoms with Crippen molar-refractivity contribution < 1.29 is 4.79 Å². The molecule has 1 aromatic rings. The fourth-order valence-corrected chi connectivity index (χ4v) is 0.832. The van der Waals surface area contributed by atoms with Gasteiger partial charge in [-0.2, -0.15) is 0 Å². The lowest BCUT2D eigenvalue weighted by molar-refractivity contribution is -0.118. The highest BCUT2D eigenvalue weighted by atomic mass is 16.1. The van der Waals surface area contributed by atoms with Gasteiger partial charge in [-0.1, -0.05) is 71.0 Å². The van der Waals surface area contributed by atoms with E-state index in [0.29, 0.717) is 0 Å². The van der Waals surface area contributed by atoms with Crippen LogP contribution in [-0.2, 0) is 4.79 Å². The fourth-order valence-electron chi connectivity index (χ4n) is 0.832. The first-order valence-corrected chi connectivity index (χ1v) is 7.87. The molecule has 0 saturated heterocycles. The van der Waals surface area contributed by atoms with E-state index in [-0.39, 0.29) is 5.91 Å². The Morgan fingerprint density at radius 2 is 1.14 bits per heavy atom. The highest BCUT2D eigenvalue weighted by Gasteiger charge is 1.79. The first-order chi connectivity index (χ1) is 10.0. The molecule has 3 heteroatoms. The summed E-state index contributed by atoms with van der Waals surface area (Å²) in [6.45, 7) is 12.9. The van der Waals surface area contributed by atoms with Gasteiger partial charge >= 0.3 is 0 Å². The van der Waals surface area contributed by atoms with Crippen LogP contribution in [0.3, 0.4) is 0 Å². The molecule has 0 radical (unpaired) electrons. The Morgan fingerprint density at radius 3 is 1.19 bits per heavy atom. The van der Waals surface area contributed by atoms with Crippen LogP contribution in [0, 0.1) is 0 Å². The third-order valence-corrected chi connectivity index (χ3v) is 1.69. The number of carbonyl (C=O) groups excluding carboxylic acids is 1. The molecule has 0 aliphatic rings. The Morgan fingerprint density at radius 1 is 0.905 bits per heavy atom. The topological polar surface area (TPSA) is 32.3 Å². The zero-order valence-corrected chi connectivity index (χ0v) is 15.7. The smallest absolute Gasteiger partial charge is 0.216 e. The summed E-state index contributed by atoms with van der Waals surface area (Å²) in [5.41, 5.74) is 0. The summed E-state index contributed by atoms with van der Waals surface area (Å²) in [7, 11) is 5.77. The molecule has 0 saturated carbocycles. The van der Waals surface area contributed by atoms with Crippen LogP contribution in [0.25, 0.3) is 0 Å². The van der Waals surface area contributed by atoms with Crippen molar-refractivity contribution in [1.82, 2.24) is 10.2 Å². The molecular weight excluding hydrogens is 260 g/mol. The Labute approximate surface area is 133 Å². The predicted octanol–water partition coefficient (Wildman–Crippen LogP) is 4.45. The Kier molecular flexibility index (Phi) is 41.4. The van der Waals surface area contributed by atoms with Crippen LogP contribution in [0.2, 0.25) is 0 Å².